The number of hydrazone groups is 1. The van der Waals surface area contributed by atoms with Crippen LogP contribution in [-0.2, 0) is 0 Å². The zero-order valence-corrected chi connectivity index (χ0v) is 9.35. The zero-order chi connectivity index (χ0) is 11.4. The molecule has 2 aromatic carbocycles. The van der Waals surface area contributed by atoms with Crippen LogP contribution >= 0.6 is 11.6 Å². The lowest BCUT2D eigenvalue weighted by atomic mass is 10.0. The van der Waals surface area contributed by atoms with Gasteiger partial charge in [-0.1, -0.05) is 48.0 Å². The first-order valence-corrected chi connectivity index (χ1v) is 5.26. The largest absolute Gasteiger partial charge is 0.323 e. The molecule has 0 fully saturated rings. The molecule has 3 heteroatoms. The van der Waals surface area contributed by atoms with Gasteiger partial charge in [-0.25, -0.2) is 0 Å². The van der Waals surface area contributed by atoms with Crippen LogP contribution < -0.4 is 5.84 Å². The second-order valence-corrected chi connectivity index (χ2v) is 3.85. The summed E-state index contributed by atoms with van der Waals surface area (Å²) in [6.45, 7) is 0. The Hall–Kier alpha value is -1.80. The minimum Gasteiger partial charge on any atom is -0.323 e. The molecule has 0 aromatic heterocycles. The van der Waals surface area contributed by atoms with E-state index in [0.29, 0.717) is 0 Å². The highest BCUT2D eigenvalue weighted by Gasteiger charge is 1.97. The van der Waals surface area contributed by atoms with Crippen molar-refractivity contribution in [2.24, 2.45) is 10.9 Å². The Bertz CT molecular complexity index is 504. The first kappa shape index (κ1) is 10.7. The van der Waals surface area contributed by atoms with E-state index < -0.39 is 0 Å². The molecule has 80 valence electrons. The topological polar surface area (TPSA) is 38.4 Å². The van der Waals surface area contributed by atoms with Crippen LogP contribution in [0.3, 0.4) is 0 Å². The van der Waals surface area contributed by atoms with Crippen molar-refractivity contribution in [2.45, 2.75) is 0 Å². The third-order valence-electron chi connectivity index (χ3n) is 2.29. The van der Waals surface area contributed by atoms with Gasteiger partial charge in [0.1, 0.15) is 0 Å². The van der Waals surface area contributed by atoms with E-state index in [-0.39, 0.29) is 0 Å². The molecule has 0 spiro atoms. The van der Waals surface area contributed by atoms with E-state index in [0.717, 1.165) is 21.7 Å². The molecule has 0 atom stereocenters. The van der Waals surface area contributed by atoms with Crippen LogP contribution in [0.5, 0.6) is 0 Å². The standard InChI is InChI=1S/C13H11ClN2/c14-13-3-1-2-12(8-13)11-6-4-10(5-7-11)9-16-15/h1-9H,15H2. The number of benzene rings is 2. The van der Waals surface area contributed by atoms with Crippen molar-refractivity contribution in [3.63, 3.8) is 0 Å². The minimum absolute atomic E-state index is 0.741. The van der Waals surface area contributed by atoms with Gasteiger partial charge in [-0.05, 0) is 28.8 Å². The number of hydrogen-bond donors (Lipinski definition) is 1. The minimum atomic E-state index is 0.741. The van der Waals surface area contributed by atoms with Gasteiger partial charge in [0.05, 0.1) is 6.21 Å². The Labute approximate surface area is 99.4 Å². The van der Waals surface area contributed by atoms with Gasteiger partial charge in [0, 0.05) is 5.02 Å². The first-order valence-electron chi connectivity index (χ1n) is 4.89. The number of halogens is 1. The van der Waals surface area contributed by atoms with E-state index in [1.807, 2.05) is 48.5 Å². The normalized spacial score (nSPS) is 10.8. The molecule has 16 heavy (non-hydrogen) atoms. The van der Waals surface area contributed by atoms with Crippen molar-refractivity contribution in [3.8, 4) is 11.1 Å². The summed E-state index contributed by atoms with van der Waals surface area (Å²) in [6, 6.07) is 15.7. The summed E-state index contributed by atoms with van der Waals surface area (Å²) in [7, 11) is 0. The lowest BCUT2D eigenvalue weighted by Gasteiger charge is -2.02. The number of nitrogens with zero attached hydrogens (tertiary/aromatic N) is 1. The van der Waals surface area contributed by atoms with Crippen molar-refractivity contribution in [1.29, 1.82) is 0 Å². The molecule has 0 heterocycles. The molecule has 0 bridgehead atoms. The van der Waals surface area contributed by atoms with Crippen LogP contribution in [0.25, 0.3) is 11.1 Å². The Morgan fingerprint density at radius 1 is 1.00 bits per heavy atom. The van der Waals surface area contributed by atoms with Crippen LogP contribution in [0.15, 0.2) is 53.6 Å². The quantitative estimate of drug-likeness (QED) is 0.480. The molecule has 0 aliphatic rings. The van der Waals surface area contributed by atoms with E-state index in [2.05, 4.69) is 5.10 Å². The van der Waals surface area contributed by atoms with Crippen LogP contribution in [0, 0.1) is 0 Å². The fourth-order valence-corrected chi connectivity index (χ4v) is 1.71. The molecular weight excluding hydrogens is 220 g/mol. The number of hydrogen-bond acceptors (Lipinski definition) is 2. The second-order valence-electron chi connectivity index (χ2n) is 3.41. The van der Waals surface area contributed by atoms with E-state index >= 15 is 0 Å². The summed E-state index contributed by atoms with van der Waals surface area (Å²) in [6.07, 6.45) is 1.61. The smallest absolute Gasteiger partial charge is 0.0538 e. The van der Waals surface area contributed by atoms with Crippen LogP contribution in [0.4, 0.5) is 0 Å². The highest BCUT2D eigenvalue weighted by Crippen LogP contribution is 2.22. The molecule has 2 aromatic rings. The van der Waals surface area contributed by atoms with Gasteiger partial charge >= 0.3 is 0 Å². The SMILES string of the molecule is NN=Cc1ccc(-c2cccc(Cl)c2)cc1. The summed E-state index contributed by atoms with van der Waals surface area (Å²) in [5, 5.41) is 4.22. The molecule has 0 aliphatic carbocycles. The Morgan fingerprint density at radius 3 is 2.38 bits per heavy atom. The Morgan fingerprint density at radius 2 is 1.75 bits per heavy atom. The molecule has 0 aliphatic heterocycles. The molecule has 0 saturated heterocycles. The molecular formula is C13H11ClN2. The molecule has 0 saturated carbocycles. The van der Waals surface area contributed by atoms with Gasteiger partial charge in [0.2, 0.25) is 0 Å². The van der Waals surface area contributed by atoms with Gasteiger partial charge < -0.3 is 5.84 Å². The maximum Gasteiger partial charge on any atom is 0.0538 e. The highest BCUT2D eigenvalue weighted by molar-refractivity contribution is 6.30. The van der Waals surface area contributed by atoms with Crippen LogP contribution in [0.2, 0.25) is 5.02 Å². The second kappa shape index (κ2) is 4.81. The summed E-state index contributed by atoms with van der Waals surface area (Å²) >= 11 is 5.94. The predicted molar refractivity (Wildman–Crippen MR) is 68.7 cm³/mol. The first-order chi connectivity index (χ1) is 7.79. The fourth-order valence-electron chi connectivity index (χ4n) is 1.52. The molecule has 0 unspecified atom stereocenters. The third-order valence-corrected chi connectivity index (χ3v) is 2.53. The van der Waals surface area contributed by atoms with Crippen molar-refractivity contribution in [3.05, 3.63) is 59.1 Å². The van der Waals surface area contributed by atoms with Gasteiger partial charge in [0.15, 0.2) is 0 Å². The van der Waals surface area contributed by atoms with Crippen molar-refractivity contribution < 1.29 is 0 Å². The third kappa shape index (κ3) is 2.41. The summed E-state index contributed by atoms with van der Waals surface area (Å²) in [5.41, 5.74) is 3.20. The average Bonchev–Trinajstić information content (AvgIpc) is 2.30. The monoisotopic (exact) mass is 230 g/mol. The van der Waals surface area contributed by atoms with Gasteiger partial charge in [-0.15, -0.1) is 0 Å². The lowest BCUT2D eigenvalue weighted by Crippen LogP contribution is -1.86. The highest BCUT2D eigenvalue weighted by atomic mass is 35.5. The van der Waals surface area contributed by atoms with E-state index in [4.69, 9.17) is 17.4 Å². The van der Waals surface area contributed by atoms with Crippen molar-refractivity contribution >= 4 is 17.8 Å². The average molecular weight is 231 g/mol. The van der Waals surface area contributed by atoms with Crippen molar-refractivity contribution in [1.82, 2.24) is 0 Å². The zero-order valence-electron chi connectivity index (χ0n) is 8.60. The van der Waals surface area contributed by atoms with Crippen molar-refractivity contribution in [2.75, 3.05) is 0 Å². The van der Waals surface area contributed by atoms with Crippen LogP contribution in [-0.4, -0.2) is 6.21 Å². The lowest BCUT2D eigenvalue weighted by molar-refractivity contribution is 1.26. The number of nitrogens with two attached hydrogens (primary N) is 1. The molecule has 0 radical (unpaired) electrons. The van der Waals surface area contributed by atoms with E-state index in [9.17, 15) is 0 Å². The van der Waals surface area contributed by atoms with E-state index in [1.165, 1.54) is 0 Å². The summed E-state index contributed by atoms with van der Waals surface area (Å²) in [4.78, 5) is 0. The Balaban J connectivity index is 2.34. The molecule has 2 N–H and O–H groups in total. The molecule has 0 amide bonds. The molecule has 2 nitrogen and oxygen atoms in total. The predicted octanol–water partition coefficient (Wildman–Crippen LogP) is 3.30. The molecule has 2 rings (SSSR count). The van der Waals surface area contributed by atoms with Gasteiger partial charge in [-0.3, -0.25) is 0 Å². The van der Waals surface area contributed by atoms with E-state index in [1.54, 1.807) is 6.21 Å². The summed E-state index contributed by atoms with van der Waals surface area (Å²) in [5.74, 6) is 5.08. The van der Waals surface area contributed by atoms with Gasteiger partial charge in [0.25, 0.3) is 0 Å². The Kier molecular flexibility index (Phi) is 3.22. The van der Waals surface area contributed by atoms with Crippen LogP contribution in [0.1, 0.15) is 5.56 Å². The maximum absolute atomic E-state index is 5.94. The fraction of sp³-hybridized carbons (Fsp3) is 0. The maximum atomic E-state index is 5.94. The summed E-state index contributed by atoms with van der Waals surface area (Å²) < 4.78 is 0. The number of rotatable bonds is 2. The van der Waals surface area contributed by atoms with Gasteiger partial charge in [-0.2, -0.15) is 5.10 Å².